The molecule has 6 nitrogen and oxygen atoms in total. The number of hydrogen-bond acceptors (Lipinski definition) is 4. The summed E-state index contributed by atoms with van der Waals surface area (Å²) in [6.07, 6.45) is 3.50. The molecule has 0 radical (unpaired) electrons. The average molecular weight is 294 g/mol. The highest BCUT2D eigenvalue weighted by Crippen LogP contribution is 2.14. The first-order chi connectivity index (χ1) is 9.32. The minimum Gasteiger partial charge on any atom is -0.366 e. The van der Waals surface area contributed by atoms with Crippen molar-refractivity contribution in [2.24, 2.45) is 5.73 Å². The van der Waals surface area contributed by atoms with Crippen LogP contribution < -0.4 is 5.73 Å². The number of hydrogen-bond donors (Lipinski definition) is 2. The number of carbonyl (C=O) groups is 1. The van der Waals surface area contributed by atoms with E-state index in [1.165, 1.54) is 12.1 Å². The average Bonchev–Trinajstić information content (AvgIpc) is 2.40. The fraction of sp³-hybridized carbons (Fsp3) is 0.0769. The van der Waals surface area contributed by atoms with Gasteiger partial charge in [-0.05, 0) is 36.8 Å². The maximum Gasteiger partial charge on any atom is 0.294 e. The van der Waals surface area contributed by atoms with Crippen molar-refractivity contribution in [2.45, 2.75) is 11.8 Å². The summed E-state index contributed by atoms with van der Waals surface area (Å²) in [5.41, 5.74) is 5.65. The number of primary amides is 1. The molecule has 106 valence electrons. The molecule has 0 unspecified atom stereocenters. The summed E-state index contributed by atoms with van der Waals surface area (Å²) in [6, 6.07) is 9.38. The fourth-order valence-electron chi connectivity index (χ4n) is 1.34. The van der Waals surface area contributed by atoms with E-state index >= 15 is 0 Å². The highest BCUT2D eigenvalue weighted by atomic mass is 32.2. The third-order valence-electron chi connectivity index (χ3n) is 2.34. The molecular formula is C13H14N2O4S. The Kier molecular flexibility index (Phi) is 5.36. The Hall–Kier alpha value is -2.25. The Balaban J connectivity index is 0.000000276. The lowest BCUT2D eigenvalue weighted by atomic mass is 10.1. The van der Waals surface area contributed by atoms with E-state index in [0.717, 1.165) is 6.07 Å². The second-order valence-corrected chi connectivity index (χ2v) is 5.26. The van der Waals surface area contributed by atoms with E-state index in [4.69, 9.17) is 10.3 Å². The monoisotopic (exact) mass is 294 g/mol. The first-order valence-corrected chi connectivity index (χ1v) is 6.99. The lowest BCUT2D eigenvalue weighted by molar-refractivity contribution is 0.0999. The van der Waals surface area contributed by atoms with Crippen LogP contribution in [0.4, 0.5) is 0 Å². The summed E-state index contributed by atoms with van der Waals surface area (Å²) in [7, 11) is -4.28. The molecule has 1 aromatic carbocycles. The van der Waals surface area contributed by atoms with Crippen LogP contribution in [0.3, 0.4) is 0 Å². The van der Waals surface area contributed by atoms with Crippen molar-refractivity contribution >= 4 is 16.0 Å². The van der Waals surface area contributed by atoms with Crippen LogP contribution in [0, 0.1) is 6.92 Å². The molecule has 1 heterocycles. The van der Waals surface area contributed by atoms with Gasteiger partial charge in [0.1, 0.15) is 0 Å². The van der Waals surface area contributed by atoms with E-state index in [-0.39, 0.29) is 10.5 Å². The zero-order chi connectivity index (χ0) is 15.2. The van der Waals surface area contributed by atoms with Gasteiger partial charge in [0.25, 0.3) is 10.1 Å². The third kappa shape index (κ3) is 4.79. The smallest absolute Gasteiger partial charge is 0.294 e. The minimum atomic E-state index is -4.28. The minimum absolute atomic E-state index is 0.0834. The van der Waals surface area contributed by atoms with Crippen LogP contribution in [0.1, 0.15) is 15.9 Å². The van der Waals surface area contributed by atoms with Gasteiger partial charge >= 0.3 is 0 Å². The number of carbonyl (C=O) groups excluding carboxylic acids is 1. The molecule has 0 saturated heterocycles. The van der Waals surface area contributed by atoms with Crippen LogP contribution in [0.15, 0.2) is 53.7 Å². The summed E-state index contributed by atoms with van der Waals surface area (Å²) < 4.78 is 30.2. The van der Waals surface area contributed by atoms with Gasteiger partial charge in [-0.1, -0.05) is 12.1 Å². The number of aromatic nitrogens is 1. The first kappa shape index (κ1) is 15.8. The van der Waals surface area contributed by atoms with E-state index < -0.39 is 16.0 Å². The van der Waals surface area contributed by atoms with Crippen molar-refractivity contribution in [1.29, 1.82) is 0 Å². The number of pyridine rings is 1. The molecule has 0 aliphatic heterocycles. The zero-order valence-corrected chi connectivity index (χ0v) is 11.5. The quantitative estimate of drug-likeness (QED) is 0.814. The van der Waals surface area contributed by atoms with E-state index in [1.54, 1.807) is 19.3 Å². The number of aryl methyl sites for hydroxylation is 1. The molecule has 0 saturated carbocycles. The van der Waals surface area contributed by atoms with Crippen LogP contribution in [-0.2, 0) is 10.1 Å². The van der Waals surface area contributed by atoms with Crippen molar-refractivity contribution in [2.75, 3.05) is 0 Å². The standard InChI is InChI=1S/C8H9NO4S.C5H5N/c1-5-2-3-6(14(11,12)13)4-7(5)8(9)10;1-2-4-6-5-3-1/h2-4H,1H3,(H2,9,10)(H,11,12,13);1-5H. The highest BCUT2D eigenvalue weighted by Gasteiger charge is 2.13. The highest BCUT2D eigenvalue weighted by molar-refractivity contribution is 7.85. The first-order valence-electron chi connectivity index (χ1n) is 5.55. The van der Waals surface area contributed by atoms with Gasteiger partial charge in [0, 0.05) is 18.0 Å². The second-order valence-electron chi connectivity index (χ2n) is 3.84. The summed E-state index contributed by atoms with van der Waals surface area (Å²) in [5, 5.41) is 0. The molecule has 2 rings (SSSR count). The predicted molar refractivity (Wildman–Crippen MR) is 73.7 cm³/mol. The molecule has 0 aliphatic carbocycles. The van der Waals surface area contributed by atoms with Gasteiger partial charge in [-0.15, -0.1) is 0 Å². The SMILES string of the molecule is Cc1ccc(S(=O)(=O)O)cc1C(N)=O.c1ccncc1. The Bertz CT molecular complexity index is 658. The van der Waals surface area contributed by atoms with Crippen LogP contribution in [0.2, 0.25) is 0 Å². The van der Waals surface area contributed by atoms with Crippen molar-refractivity contribution in [3.63, 3.8) is 0 Å². The molecule has 1 aromatic heterocycles. The number of nitrogens with two attached hydrogens (primary N) is 1. The molecule has 0 spiro atoms. The lowest BCUT2D eigenvalue weighted by Crippen LogP contribution is -2.13. The second kappa shape index (κ2) is 6.78. The maximum absolute atomic E-state index is 10.8. The van der Waals surface area contributed by atoms with Crippen molar-refractivity contribution in [3.8, 4) is 0 Å². The van der Waals surface area contributed by atoms with Crippen LogP contribution in [0.25, 0.3) is 0 Å². The van der Waals surface area contributed by atoms with Gasteiger partial charge in [0.15, 0.2) is 0 Å². The van der Waals surface area contributed by atoms with Crippen LogP contribution >= 0.6 is 0 Å². The van der Waals surface area contributed by atoms with E-state index in [2.05, 4.69) is 4.98 Å². The third-order valence-corrected chi connectivity index (χ3v) is 3.19. The Labute approximate surface area is 117 Å². The molecule has 0 bridgehead atoms. The van der Waals surface area contributed by atoms with E-state index in [1.807, 2.05) is 18.2 Å². The lowest BCUT2D eigenvalue weighted by Gasteiger charge is -2.03. The van der Waals surface area contributed by atoms with Gasteiger partial charge in [-0.25, -0.2) is 0 Å². The normalized spacial score (nSPS) is 10.3. The maximum atomic E-state index is 10.8. The molecule has 1 amide bonds. The van der Waals surface area contributed by atoms with E-state index in [9.17, 15) is 13.2 Å². The van der Waals surface area contributed by atoms with E-state index in [0.29, 0.717) is 5.56 Å². The molecule has 7 heteroatoms. The summed E-state index contributed by atoms with van der Waals surface area (Å²) in [4.78, 5) is 14.3. The summed E-state index contributed by atoms with van der Waals surface area (Å²) in [5.74, 6) is -0.729. The molecule has 0 atom stereocenters. The zero-order valence-electron chi connectivity index (χ0n) is 10.7. The van der Waals surface area contributed by atoms with Gasteiger partial charge in [0.2, 0.25) is 5.91 Å². The molecular weight excluding hydrogens is 280 g/mol. The molecule has 2 aromatic rings. The molecule has 3 N–H and O–H groups in total. The number of benzene rings is 1. The molecule has 0 fully saturated rings. The Morgan fingerprint density at radius 1 is 1.20 bits per heavy atom. The topological polar surface area (TPSA) is 110 Å². The number of amides is 1. The van der Waals surface area contributed by atoms with Gasteiger partial charge < -0.3 is 5.73 Å². The Morgan fingerprint density at radius 2 is 1.80 bits per heavy atom. The van der Waals surface area contributed by atoms with Gasteiger partial charge in [0.05, 0.1) is 4.90 Å². The number of rotatable bonds is 2. The van der Waals surface area contributed by atoms with Crippen LogP contribution in [0.5, 0.6) is 0 Å². The van der Waals surface area contributed by atoms with Crippen molar-refractivity contribution < 1.29 is 17.8 Å². The van der Waals surface area contributed by atoms with Crippen molar-refractivity contribution in [3.05, 3.63) is 59.9 Å². The number of nitrogens with zero attached hydrogens (tertiary/aromatic N) is 1. The molecule has 0 aliphatic rings. The largest absolute Gasteiger partial charge is 0.366 e. The summed E-state index contributed by atoms with van der Waals surface area (Å²) in [6.45, 7) is 1.62. The van der Waals surface area contributed by atoms with Crippen molar-refractivity contribution in [1.82, 2.24) is 4.98 Å². The summed E-state index contributed by atoms with van der Waals surface area (Å²) >= 11 is 0. The van der Waals surface area contributed by atoms with Crippen LogP contribution in [-0.4, -0.2) is 23.9 Å². The molecule has 20 heavy (non-hydrogen) atoms. The predicted octanol–water partition coefficient (Wildman–Crippen LogP) is 1.42. The van der Waals surface area contributed by atoms with Gasteiger partial charge in [-0.2, -0.15) is 8.42 Å². The Morgan fingerprint density at radius 3 is 2.15 bits per heavy atom. The van der Waals surface area contributed by atoms with Gasteiger partial charge in [-0.3, -0.25) is 14.3 Å². The fourth-order valence-corrected chi connectivity index (χ4v) is 1.85.